The molecule has 0 atom stereocenters. The fourth-order valence-electron chi connectivity index (χ4n) is 2.69. The zero-order chi connectivity index (χ0) is 21.3. The lowest BCUT2D eigenvalue weighted by atomic mass is 9.78. The summed E-state index contributed by atoms with van der Waals surface area (Å²) in [6.45, 7) is 14.0. The average molecular weight is 405 g/mol. The largest absolute Gasteiger partial charge is 0.507 e. The highest BCUT2D eigenvalue weighted by Crippen LogP contribution is 2.40. The summed E-state index contributed by atoms with van der Waals surface area (Å²) in [5, 5.41) is 28.4. The van der Waals surface area contributed by atoms with E-state index in [1.165, 1.54) is 0 Å². The second-order valence-corrected chi connectivity index (χ2v) is 9.69. The molecule has 0 saturated heterocycles. The molecule has 0 aliphatic heterocycles. The Labute approximate surface area is 170 Å². The second kappa shape index (κ2) is 7.99. The molecule has 0 aliphatic carbocycles. The summed E-state index contributed by atoms with van der Waals surface area (Å²) in [4.78, 5) is 11.9. The molecule has 1 heterocycles. The van der Waals surface area contributed by atoms with Gasteiger partial charge in [-0.25, -0.2) is 4.79 Å². The van der Waals surface area contributed by atoms with Crippen LogP contribution >= 0.6 is 11.8 Å². The van der Waals surface area contributed by atoms with Crippen molar-refractivity contribution in [3.05, 3.63) is 39.6 Å². The third-order valence-corrected chi connectivity index (χ3v) is 5.06. The van der Waals surface area contributed by atoms with Gasteiger partial charge in [0.2, 0.25) is 5.89 Å². The number of phenolic OH excluding ortho intramolecular Hbond substituents is 1. The predicted molar refractivity (Wildman–Crippen MR) is 111 cm³/mol. The second-order valence-electron chi connectivity index (χ2n) is 8.70. The van der Waals surface area contributed by atoms with Crippen LogP contribution in [-0.4, -0.2) is 26.4 Å². The van der Waals surface area contributed by atoms with Gasteiger partial charge in [-0.1, -0.05) is 48.5 Å². The average Bonchev–Trinajstić information content (AvgIpc) is 3.01. The van der Waals surface area contributed by atoms with E-state index >= 15 is 0 Å². The Morgan fingerprint density at radius 2 is 1.64 bits per heavy atom. The van der Waals surface area contributed by atoms with E-state index in [0.717, 1.165) is 22.9 Å². The van der Waals surface area contributed by atoms with Gasteiger partial charge >= 0.3 is 5.97 Å². The van der Waals surface area contributed by atoms with E-state index in [2.05, 4.69) is 10.2 Å². The number of aliphatic carboxylic acids is 1. The van der Waals surface area contributed by atoms with E-state index in [1.807, 2.05) is 60.6 Å². The topological polar surface area (TPSA) is 96.5 Å². The predicted octanol–water partition coefficient (Wildman–Crippen LogP) is 5.15. The van der Waals surface area contributed by atoms with Crippen LogP contribution in [0.25, 0.3) is 6.08 Å². The minimum absolute atomic E-state index is 0.0664. The first kappa shape index (κ1) is 22.0. The number of hydrogen-bond acceptors (Lipinski definition) is 6. The Hall–Kier alpha value is -2.28. The molecule has 7 heteroatoms. The molecule has 2 aromatic rings. The number of nitrogens with zero attached hydrogens (tertiary/aromatic N) is 2. The molecular formula is C21H28N2O4S. The Morgan fingerprint density at radius 3 is 2.04 bits per heavy atom. The zero-order valence-corrected chi connectivity index (χ0v) is 18.3. The van der Waals surface area contributed by atoms with Crippen LogP contribution in [0.5, 0.6) is 5.75 Å². The third kappa shape index (κ3) is 5.16. The molecule has 0 saturated carbocycles. The number of carbonyl (C=O) groups is 1. The van der Waals surface area contributed by atoms with E-state index in [0.29, 0.717) is 17.9 Å². The third-order valence-electron chi connectivity index (χ3n) is 4.20. The monoisotopic (exact) mass is 404 g/mol. The molecule has 152 valence electrons. The number of aromatic nitrogens is 2. The van der Waals surface area contributed by atoms with Gasteiger partial charge in [-0.2, -0.15) is 0 Å². The lowest BCUT2D eigenvalue weighted by Crippen LogP contribution is -2.17. The smallest absolute Gasteiger partial charge is 0.342 e. The van der Waals surface area contributed by atoms with E-state index in [9.17, 15) is 15.0 Å². The fourth-order valence-corrected chi connectivity index (χ4v) is 3.38. The quantitative estimate of drug-likeness (QED) is 0.525. The first-order chi connectivity index (χ1) is 12.8. The Morgan fingerprint density at radius 1 is 1.11 bits per heavy atom. The highest BCUT2D eigenvalue weighted by atomic mass is 32.2. The van der Waals surface area contributed by atoms with Crippen molar-refractivity contribution in [1.29, 1.82) is 0 Å². The Balaban J connectivity index is 2.57. The molecule has 0 unspecified atom stereocenters. The van der Waals surface area contributed by atoms with Gasteiger partial charge in [0, 0.05) is 17.5 Å². The summed E-state index contributed by atoms with van der Waals surface area (Å²) in [7, 11) is 0. The maximum atomic E-state index is 11.8. The minimum atomic E-state index is -1.08. The van der Waals surface area contributed by atoms with Crippen LogP contribution in [0.2, 0.25) is 0 Å². The van der Waals surface area contributed by atoms with Crippen molar-refractivity contribution in [2.45, 2.75) is 70.9 Å². The number of thioether (sulfide) groups is 1. The van der Waals surface area contributed by atoms with Crippen LogP contribution < -0.4 is 0 Å². The van der Waals surface area contributed by atoms with Gasteiger partial charge in [0.1, 0.15) is 10.7 Å². The lowest BCUT2D eigenvalue weighted by molar-refractivity contribution is -0.131. The van der Waals surface area contributed by atoms with Crippen molar-refractivity contribution in [2.75, 3.05) is 0 Å². The standard InChI is InChI=1S/C21H28N2O4S/c1-8-16-22-23-19(27-16)28-15(18(25)26)11-12-9-13(20(2,3)4)17(24)14(10-12)21(5,6)7/h9-11,24H,8H2,1-7H3,(H,25,26)/b15-11+. The van der Waals surface area contributed by atoms with Gasteiger partial charge in [-0.3, -0.25) is 0 Å². The van der Waals surface area contributed by atoms with Gasteiger partial charge < -0.3 is 14.6 Å². The number of aryl methyl sites for hydroxylation is 1. The summed E-state index contributed by atoms with van der Waals surface area (Å²) in [5.41, 5.74) is 1.65. The Kier molecular flexibility index (Phi) is 6.28. The number of aromatic hydroxyl groups is 1. The van der Waals surface area contributed by atoms with E-state index in [-0.39, 0.29) is 26.7 Å². The number of benzene rings is 1. The maximum Gasteiger partial charge on any atom is 0.342 e. The lowest BCUT2D eigenvalue weighted by Gasteiger charge is -2.28. The fraction of sp³-hybridized carbons (Fsp3) is 0.476. The van der Waals surface area contributed by atoms with Crippen LogP contribution in [0.15, 0.2) is 26.7 Å². The molecule has 0 radical (unpaired) electrons. The van der Waals surface area contributed by atoms with Crippen LogP contribution in [0.4, 0.5) is 0 Å². The van der Waals surface area contributed by atoms with Crippen LogP contribution in [0.3, 0.4) is 0 Å². The summed E-state index contributed by atoms with van der Waals surface area (Å²) >= 11 is 0.918. The molecule has 6 nitrogen and oxygen atoms in total. The van der Waals surface area contributed by atoms with Crippen LogP contribution in [0, 0.1) is 0 Å². The molecule has 28 heavy (non-hydrogen) atoms. The van der Waals surface area contributed by atoms with Gasteiger partial charge in [-0.15, -0.1) is 10.2 Å². The number of carboxylic acid groups (broad SMARTS) is 1. The van der Waals surface area contributed by atoms with E-state index < -0.39 is 5.97 Å². The SMILES string of the molecule is CCc1nnc(S/C(=C/c2cc(C(C)(C)C)c(O)c(C(C)(C)C)c2)C(=O)O)o1. The normalized spacial score (nSPS) is 13.0. The summed E-state index contributed by atoms with van der Waals surface area (Å²) in [6, 6.07) is 3.67. The van der Waals surface area contributed by atoms with Crippen molar-refractivity contribution in [1.82, 2.24) is 10.2 Å². The molecule has 0 bridgehead atoms. The molecule has 1 aromatic carbocycles. The number of hydrogen-bond donors (Lipinski definition) is 2. The van der Waals surface area contributed by atoms with Crippen molar-refractivity contribution in [2.24, 2.45) is 0 Å². The van der Waals surface area contributed by atoms with Crippen LogP contribution in [-0.2, 0) is 22.0 Å². The molecule has 1 aromatic heterocycles. The molecule has 0 aliphatic rings. The zero-order valence-electron chi connectivity index (χ0n) is 17.5. The molecule has 0 fully saturated rings. The Bertz CT molecular complexity index is 867. The first-order valence-corrected chi connectivity index (χ1v) is 9.97. The van der Waals surface area contributed by atoms with E-state index in [1.54, 1.807) is 6.08 Å². The molecule has 2 N–H and O–H groups in total. The first-order valence-electron chi connectivity index (χ1n) is 9.16. The molecule has 0 amide bonds. The van der Waals surface area contributed by atoms with Gasteiger partial charge in [0.25, 0.3) is 5.22 Å². The van der Waals surface area contributed by atoms with Crippen molar-refractivity contribution >= 4 is 23.8 Å². The van der Waals surface area contributed by atoms with Gasteiger partial charge in [-0.05, 0) is 46.4 Å². The summed E-state index contributed by atoms with van der Waals surface area (Å²) in [6.07, 6.45) is 2.16. The highest BCUT2D eigenvalue weighted by Gasteiger charge is 2.26. The van der Waals surface area contributed by atoms with Gasteiger partial charge in [0.05, 0.1) is 0 Å². The highest BCUT2D eigenvalue weighted by molar-refractivity contribution is 8.03. The molecular weight excluding hydrogens is 376 g/mol. The van der Waals surface area contributed by atoms with Gasteiger partial charge in [0.15, 0.2) is 0 Å². The molecule has 0 spiro atoms. The molecule has 2 rings (SSSR count). The number of carboxylic acids is 1. The van der Waals surface area contributed by atoms with Crippen molar-refractivity contribution in [3.8, 4) is 5.75 Å². The number of phenols is 1. The van der Waals surface area contributed by atoms with Crippen LogP contribution in [0.1, 0.15) is 71.0 Å². The summed E-state index contributed by atoms with van der Waals surface area (Å²) < 4.78 is 5.42. The summed E-state index contributed by atoms with van der Waals surface area (Å²) in [5.74, 6) is -0.364. The number of rotatable bonds is 5. The van der Waals surface area contributed by atoms with Crippen molar-refractivity contribution < 1.29 is 19.4 Å². The minimum Gasteiger partial charge on any atom is -0.507 e. The maximum absolute atomic E-state index is 11.8. The van der Waals surface area contributed by atoms with Crippen molar-refractivity contribution in [3.63, 3.8) is 0 Å². The van der Waals surface area contributed by atoms with E-state index in [4.69, 9.17) is 4.42 Å².